The molecule has 6 nitrogen and oxygen atoms in total. The van der Waals surface area contributed by atoms with E-state index < -0.39 is 10.0 Å². The van der Waals surface area contributed by atoms with Crippen LogP contribution in [0.4, 0.5) is 11.5 Å². The molecule has 19 heavy (non-hydrogen) atoms. The molecule has 0 saturated carbocycles. The van der Waals surface area contributed by atoms with Gasteiger partial charge in [0.2, 0.25) is 10.0 Å². The van der Waals surface area contributed by atoms with Crippen molar-refractivity contribution in [1.29, 1.82) is 0 Å². The minimum atomic E-state index is -3.30. The fourth-order valence-electron chi connectivity index (χ4n) is 1.47. The first-order valence-corrected chi connectivity index (χ1v) is 8.18. The summed E-state index contributed by atoms with van der Waals surface area (Å²) >= 11 is 2.00. The number of anilines is 2. The minimum Gasteiger partial charge on any atom is -0.382 e. The molecule has 1 aromatic heterocycles. The van der Waals surface area contributed by atoms with Crippen LogP contribution in [0.2, 0.25) is 0 Å². The molecule has 100 valence electrons. The van der Waals surface area contributed by atoms with E-state index in [2.05, 4.69) is 14.7 Å². The first kappa shape index (κ1) is 14.0. The van der Waals surface area contributed by atoms with Crippen LogP contribution in [0.5, 0.6) is 0 Å². The topological polar surface area (TPSA) is 98.0 Å². The fourth-order valence-corrected chi connectivity index (χ4v) is 2.43. The molecule has 0 radical (unpaired) electrons. The number of halogens is 1. The van der Waals surface area contributed by atoms with Crippen molar-refractivity contribution in [3.05, 3.63) is 34.2 Å². The van der Waals surface area contributed by atoms with E-state index in [9.17, 15) is 8.42 Å². The molecule has 0 saturated heterocycles. The second-order valence-electron chi connectivity index (χ2n) is 3.89. The van der Waals surface area contributed by atoms with Gasteiger partial charge in [-0.2, -0.15) is 0 Å². The van der Waals surface area contributed by atoms with Crippen LogP contribution in [0.3, 0.4) is 0 Å². The molecule has 3 N–H and O–H groups in total. The number of nitrogens with zero attached hydrogens (tertiary/aromatic N) is 2. The molecule has 0 amide bonds. The number of nitrogens with one attached hydrogen (secondary N) is 1. The van der Waals surface area contributed by atoms with Crippen molar-refractivity contribution in [3.8, 4) is 11.3 Å². The predicted molar refractivity (Wildman–Crippen MR) is 83.1 cm³/mol. The number of rotatable bonds is 3. The third-order valence-electron chi connectivity index (χ3n) is 2.22. The van der Waals surface area contributed by atoms with E-state index in [0.29, 0.717) is 20.9 Å². The maximum absolute atomic E-state index is 11.2. The maximum atomic E-state index is 11.2. The molecule has 2 rings (SSSR count). The van der Waals surface area contributed by atoms with Crippen LogP contribution in [0.25, 0.3) is 11.3 Å². The molecule has 0 atom stereocenters. The summed E-state index contributed by atoms with van der Waals surface area (Å²) in [5.74, 6) is 0.370. The van der Waals surface area contributed by atoms with Crippen LogP contribution >= 0.6 is 22.6 Å². The van der Waals surface area contributed by atoms with Gasteiger partial charge in [-0.25, -0.2) is 18.4 Å². The van der Waals surface area contributed by atoms with Crippen molar-refractivity contribution >= 4 is 44.1 Å². The van der Waals surface area contributed by atoms with Crippen molar-refractivity contribution < 1.29 is 8.42 Å². The Morgan fingerprint density at radius 3 is 2.74 bits per heavy atom. The quantitative estimate of drug-likeness (QED) is 0.778. The van der Waals surface area contributed by atoms with E-state index in [4.69, 9.17) is 5.73 Å². The van der Waals surface area contributed by atoms with Crippen LogP contribution < -0.4 is 10.5 Å². The van der Waals surface area contributed by atoms with E-state index in [1.54, 1.807) is 24.4 Å². The normalized spacial score (nSPS) is 11.3. The van der Waals surface area contributed by atoms with Crippen LogP contribution in [0, 0.1) is 3.70 Å². The fraction of sp³-hybridized carbons (Fsp3) is 0.0909. The molecular formula is C11H11IN4O2S. The summed E-state index contributed by atoms with van der Waals surface area (Å²) in [6.45, 7) is 0. The van der Waals surface area contributed by atoms with Gasteiger partial charge in [0.1, 0.15) is 3.70 Å². The highest BCUT2D eigenvalue weighted by Crippen LogP contribution is 2.22. The molecular weight excluding hydrogens is 379 g/mol. The summed E-state index contributed by atoms with van der Waals surface area (Å²) in [5, 5.41) is 0. The molecule has 1 aromatic carbocycles. The number of hydrogen-bond donors (Lipinski definition) is 2. The van der Waals surface area contributed by atoms with Gasteiger partial charge in [0.15, 0.2) is 5.82 Å². The molecule has 1 heterocycles. The van der Waals surface area contributed by atoms with Gasteiger partial charge < -0.3 is 5.73 Å². The van der Waals surface area contributed by atoms with Gasteiger partial charge in [0.05, 0.1) is 18.1 Å². The Kier molecular flexibility index (Phi) is 3.90. The first-order valence-electron chi connectivity index (χ1n) is 5.21. The van der Waals surface area contributed by atoms with Gasteiger partial charge in [-0.3, -0.25) is 4.72 Å². The Bertz CT molecular complexity index is 718. The van der Waals surface area contributed by atoms with Crippen LogP contribution in [-0.4, -0.2) is 24.6 Å². The summed E-state index contributed by atoms with van der Waals surface area (Å²) in [4.78, 5) is 8.33. The molecule has 0 fully saturated rings. The Labute approximate surface area is 124 Å². The van der Waals surface area contributed by atoms with Crippen LogP contribution in [0.15, 0.2) is 30.5 Å². The summed E-state index contributed by atoms with van der Waals surface area (Å²) in [5.41, 5.74) is 7.49. The third kappa shape index (κ3) is 3.77. The molecule has 0 bridgehead atoms. The van der Waals surface area contributed by atoms with Gasteiger partial charge in [0, 0.05) is 11.3 Å². The van der Waals surface area contributed by atoms with Gasteiger partial charge in [0.25, 0.3) is 0 Å². The number of hydrogen-bond acceptors (Lipinski definition) is 5. The number of aromatic nitrogens is 2. The van der Waals surface area contributed by atoms with Crippen molar-refractivity contribution in [2.24, 2.45) is 0 Å². The Morgan fingerprint density at radius 1 is 1.37 bits per heavy atom. The standard InChI is InChI=1S/C11H11IN4O2S/c1-19(17,18)16-8-4-2-3-7(5-8)9-6-14-11(13)10(12)15-9/h2-6,16H,1H3,(H2,13,14). The first-order chi connectivity index (χ1) is 8.85. The molecule has 0 aliphatic carbocycles. The molecule has 2 aromatic rings. The third-order valence-corrected chi connectivity index (χ3v) is 3.62. The summed E-state index contributed by atoms with van der Waals surface area (Å²) < 4.78 is 25.4. The van der Waals surface area contributed by atoms with Crippen molar-refractivity contribution in [3.63, 3.8) is 0 Å². The Balaban J connectivity index is 2.40. The lowest BCUT2D eigenvalue weighted by molar-refractivity contribution is 0.607. The largest absolute Gasteiger partial charge is 0.382 e. The minimum absolute atomic E-state index is 0.370. The molecule has 0 aliphatic heterocycles. The average molecular weight is 390 g/mol. The highest BCUT2D eigenvalue weighted by Gasteiger charge is 2.07. The summed E-state index contributed by atoms with van der Waals surface area (Å²) in [6.07, 6.45) is 2.66. The second-order valence-corrected chi connectivity index (χ2v) is 6.66. The highest BCUT2D eigenvalue weighted by atomic mass is 127. The molecule has 8 heteroatoms. The summed E-state index contributed by atoms with van der Waals surface area (Å²) in [7, 11) is -3.30. The summed E-state index contributed by atoms with van der Waals surface area (Å²) in [6, 6.07) is 6.93. The zero-order valence-corrected chi connectivity index (χ0v) is 12.9. The Hall–Kier alpha value is -1.42. The van der Waals surface area contributed by atoms with Gasteiger partial charge in [-0.05, 0) is 34.7 Å². The van der Waals surface area contributed by atoms with Crippen LogP contribution in [0.1, 0.15) is 0 Å². The smallest absolute Gasteiger partial charge is 0.229 e. The van der Waals surface area contributed by atoms with Crippen molar-refractivity contribution in [2.75, 3.05) is 16.7 Å². The number of nitrogen functional groups attached to an aromatic ring is 1. The van der Waals surface area contributed by atoms with Gasteiger partial charge in [-0.15, -0.1) is 0 Å². The van der Waals surface area contributed by atoms with Crippen molar-refractivity contribution in [2.45, 2.75) is 0 Å². The van der Waals surface area contributed by atoms with E-state index in [-0.39, 0.29) is 0 Å². The number of benzene rings is 1. The van der Waals surface area contributed by atoms with E-state index >= 15 is 0 Å². The number of nitrogens with two attached hydrogens (primary N) is 1. The lowest BCUT2D eigenvalue weighted by Crippen LogP contribution is -2.09. The monoisotopic (exact) mass is 390 g/mol. The zero-order valence-electron chi connectivity index (χ0n) is 9.96. The van der Waals surface area contributed by atoms with E-state index in [1.165, 1.54) is 0 Å². The van der Waals surface area contributed by atoms with Gasteiger partial charge >= 0.3 is 0 Å². The van der Waals surface area contributed by atoms with E-state index in [0.717, 1.165) is 11.8 Å². The lowest BCUT2D eigenvalue weighted by Gasteiger charge is -2.07. The maximum Gasteiger partial charge on any atom is 0.229 e. The Morgan fingerprint density at radius 2 is 2.11 bits per heavy atom. The van der Waals surface area contributed by atoms with Crippen molar-refractivity contribution in [1.82, 2.24) is 9.97 Å². The van der Waals surface area contributed by atoms with E-state index in [1.807, 2.05) is 28.7 Å². The highest BCUT2D eigenvalue weighted by molar-refractivity contribution is 14.1. The predicted octanol–water partition coefficient (Wildman–Crippen LogP) is 1.70. The number of sulfonamides is 1. The second kappa shape index (κ2) is 5.29. The molecule has 0 aliphatic rings. The zero-order chi connectivity index (χ0) is 14.0. The molecule has 0 unspecified atom stereocenters. The van der Waals surface area contributed by atoms with Crippen LogP contribution in [-0.2, 0) is 10.0 Å². The average Bonchev–Trinajstić information content (AvgIpc) is 2.31. The lowest BCUT2D eigenvalue weighted by atomic mass is 10.1. The molecule has 0 spiro atoms. The van der Waals surface area contributed by atoms with Gasteiger partial charge in [-0.1, -0.05) is 12.1 Å². The SMILES string of the molecule is CS(=O)(=O)Nc1cccc(-c2cnc(N)c(I)n2)c1.